The minimum Gasteiger partial charge on any atom is -0.493 e. The van der Waals surface area contributed by atoms with Gasteiger partial charge in [-0.1, -0.05) is 19.9 Å². The van der Waals surface area contributed by atoms with Gasteiger partial charge in [0, 0.05) is 31.5 Å². The number of nitrogens with two attached hydrogens (primary N) is 1. The normalized spacial score (nSPS) is 15.8. The molecular formula is C20H32N2O3. The zero-order chi connectivity index (χ0) is 18.3. The number of anilines is 1. The van der Waals surface area contributed by atoms with Crippen molar-refractivity contribution in [3.05, 3.63) is 23.8 Å². The topological polar surface area (TPSA) is 73.6 Å². The molecule has 1 fully saturated rings. The predicted molar refractivity (Wildman–Crippen MR) is 101 cm³/mol. The lowest BCUT2D eigenvalue weighted by molar-refractivity contribution is -0.125. The highest BCUT2D eigenvalue weighted by Gasteiger charge is 2.33. The molecule has 0 atom stereocenters. The largest absolute Gasteiger partial charge is 0.493 e. The average molecular weight is 348 g/mol. The molecule has 5 nitrogen and oxygen atoms in total. The number of aryl methyl sites for hydroxylation is 1. The Labute approximate surface area is 151 Å². The second kappa shape index (κ2) is 9.20. The molecule has 3 N–H and O–H groups in total. The number of benzene rings is 1. The van der Waals surface area contributed by atoms with E-state index in [9.17, 15) is 4.79 Å². The maximum Gasteiger partial charge on any atom is 0.231 e. The first-order chi connectivity index (χ1) is 12.0. The number of amides is 1. The Morgan fingerprint density at radius 2 is 2.00 bits per heavy atom. The van der Waals surface area contributed by atoms with Gasteiger partial charge in [0.05, 0.1) is 12.0 Å². The van der Waals surface area contributed by atoms with Crippen LogP contribution in [0.3, 0.4) is 0 Å². The van der Waals surface area contributed by atoms with E-state index in [-0.39, 0.29) is 5.91 Å². The standard InChI is InChI=1S/C20H32N2O3/c1-4-20(5-2,14-21)19(23)22-17-7-6-15(3)18(12-17)25-13-16-8-10-24-11-9-16/h6-7,12,16H,4-5,8-11,13-14,21H2,1-3H3,(H,22,23). The van der Waals surface area contributed by atoms with E-state index >= 15 is 0 Å². The molecule has 0 unspecified atom stereocenters. The number of nitrogens with one attached hydrogen (secondary N) is 1. The predicted octanol–water partition coefficient (Wildman–Crippen LogP) is 3.50. The molecule has 1 aliphatic rings. The maximum atomic E-state index is 12.7. The molecule has 25 heavy (non-hydrogen) atoms. The number of carbonyl (C=O) groups excluding carboxylic acids is 1. The first-order valence-electron chi connectivity index (χ1n) is 9.37. The van der Waals surface area contributed by atoms with Crippen LogP contribution >= 0.6 is 0 Å². The summed E-state index contributed by atoms with van der Waals surface area (Å²) in [5.74, 6) is 1.35. The minimum absolute atomic E-state index is 0.0146. The summed E-state index contributed by atoms with van der Waals surface area (Å²) < 4.78 is 11.4. The van der Waals surface area contributed by atoms with Crippen LogP contribution in [0.15, 0.2) is 18.2 Å². The molecule has 1 aromatic rings. The molecule has 0 aromatic heterocycles. The summed E-state index contributed by atoms with van der Waals surface area (Å²) in [6.07, 6.45) is 3.54. The van der Waals surface area contributed by atoms with Gasteiger partial charge in [-0.2, -0.15) is 0 Å². The van der Waals surface area contributed by atoms with E-state index in [0.29, 0.717) is 19.1 Å². The molecular weight excluding hydrogens is 316 g/mol. The lowest BCUT2D eigenvalue weighted by Gasteiger charge is -2.28. The van der Waals surface area contributed by atoms with E-state index in [2.05, 4.69) is 5.32 Å². The second-order valence-electron chi connectivity index (χ2n) is 6.99. The summed E-state index contributed by atoms with van der Waals surface area (Å²) in [7, 11) is 0. The molecule has 1 amide bonds. The van der Waals surface area contributed by atoms with Crippen LogP contribution in [0.25, 0.3) is 0 Å². The fourth-order valence-corrected chi connectivity index (χ4v) is 3.17. The highest BCUT2D eigenvalue weighted by atomic mass is 16.5. The molecule has 0 saturated carbocycles. The van der Waals surface area contributed by atoms with Crippen LogP contribution in [0.1, 0.15) is 45.1 Å². The Morgan fingerprint density at radius 3 is 2.60 bits per heavy atom. The van der Waals surface area contributed by atoms with Crippen molar-refractivity contribution in [2.24, 2.45) is 17.1 Å². The Morgan fingerprint density at radius 1 is 1.32 bits per heavy atom. The number of carbonyl (C=O) groups is 1. The third-order valence-corrected chi connectivity index (χ3v) is 5.49. The molecule has 2 rings (SSSR count). The fraction of sp³-hybridized carbons (Fsp3) is 0.650. The quantitative estimate of drug-likeness (QED) is 0.754. The Bertz CT molecular complexity index is 556. The molecule has 0 aliphatic carbocycles. The number of hydrogen-bond acceptors (Lipinski definition) is 4. The second-order valence-corrected chi connectivity index (χ2v) is 6.99. The molecule has 140 valence electrons. The van der Waals surface area contributed by atoms with Crippen molar-refractivity contribution < 1.29 is 14.3 Å². The van der Waals surface area contributed by atoms with Crippen LogP contribution in [0.2, 0.25) is 0 Å². The van der Waals surface area contributed by atoms with Gasteiger partial charge >= 0.3 is 0 Å². The molecule has 0 bridgehead atoms. The molecule has 0 radical (unpaired) electrons. The molecule has 0 spiro atoms. The Balaban J connectivity index is 2.03. The summed E-state index contributed by atoms with van der Waals surface area (Å²) >= 11 is 0. The van der Waals surface area contributed by atoms with E-state index in [1.165, 1.54) is 0 Å². The zero-order valence-electron chi connectivity index (χ0n) is 15.8. The van der Waals surface area contributed by atoms with Crippen LogP contribution in [-0.2, 0) is 9.53 Å². The summed E-state index contributed by atoms with van der Waals surface area (Å²) in [6.45, 7) is 8.72. The maximum absolute atomic E-state index is 12.7. The first kappa shape index (κ1) is 19.7. The van der Waals surface area contributed by atoms with Gasteiger partial charge in [-0.25, -0.2) is 0 Å². The first-order valence-corrected chi connectivity index (χ1v) is 9.37. The number of hydrogen-bond donors (Lipinski definition) is 2. The van der Waals surface area contributed by atoms with Crippen molar-refractivity contribution in [1.29, 1.82) is 0 Å². The summed E-state index contributed by atoms with van der Waals surface area (Å²) in [6, 6.07) is 5.82. The van der Waals surface area contributed by atoms with Crippen molar-refractivity contribution in [1.82, 2.24) is 0 Å². The molecule has 1 aromatic carbocycles. The van der Waals surface area contributed by atoms with Gasteiger partial charge in [-0.3, -0.25) is 4.79 Å². The summed E-state index contributed by atoms with van der Waals surface area (Å²) in [5, 5.41) is 3.02. The third-order valence-electron chi connectivity index (χ3n) is 5.49. The van der Waals surface area contributed by atoms with Gasteiger partial charge in [0.25, 0.3) is 0 Å². The van der Waals surface area contributed by atoms with Crippen molar-refractivity contribution >= 4 is 11.6 Å². The highest BCUT2D eigenvalue weighted by Crippen LogP contribution is 2.29. The summed E-state index contributed by atoms with van der Waals surface area (Å²) in [4.78, 5) is 12.7. The molecule has 1 aliphatic heterocycles. The molecule has 5 heteroatoms. The zero-order valence-corrected chi connectivity index (χ0v) is 15.8. The smallest absolute Gasteiger partial charge is 0.231 e. The van der Waals surface area contributed by atoms with Crippen LogP contribution < -0.4 is 15.8 Å². The van der Waals surface area contributed by atoms with E-state index in [4.69, 9.17) is 15.2 Å². The fourth-order valence-electron chi connectivity index (χ4n) is 3.17. The van der Waals surface area contributed by atoms with E-state index in [1.807, 2.05) is 39.0 Å². The minimum atomic E-state index is -0.506. The van der Waals surface area contributed by atoms with E-state index < -0.39 is 5.41 Å². The van der Waals surface area contributed by atoms with E-state index in [0.717, 1.165) is 55.9 Å². The van der Waals surface area contributed by atoms with Gasteiger partial charge in [0.1, 0.15) is 5.75 Å². The third kappa shape index (κ3) is 4.95. The van der Waals surface area contributed by atoms with Gasteiger partial charge in [0.15, 0.2) is 0 Å². The van der Waals surface area contributed by atoms with E-state index in [1.54, 1.807) is 0 Å². The highest BCUT2D eigenvalue weighted by molar-refractivity contribution is 5.95. The van der Waals surface area contributed by atoms with Gasteiger partial charge in [0.2, 0.25) is 5.91 Å². The van der Waals surface area contributed by atoms with Crippen LogP contribution in [0.4, 0.5) is 5.69 Å². The van der Waals surface area contributed by atoms with Crippen LogP contribution in [-0.4, -0.2) is 32.3 Å². The van der Waals surface area contributed by atoms with Crippen molar-refractivity contribution in [2.45, 2.75) is 46.5 Å². The van der Waals surface area contributed by atoms with Gasteiger partial charge in [-0.15, -0.1) is 0 Å². The lowest BCUT2D eigenvalue weighted by atomic mass is 9.81. The number of rotatable bonds is 8. The average Bonchev–Trinajstić information content (AvgIpc) is 2.65. The SMILES string of the molecule is CCC(CC)(CN)C(=O)Nc1ccc(C)c(OCC2CCOCC2)c1. The van der Waals surface area contributed by atoms with Gasteiger partial charge < -0.3 is 20.5 Å². The monoisotopic (exact) mass is 348 g/mol. The molecule has 1 heterocycles. The Kier molecular flexibility index (Phi) is 7.26. The summed E-state index contributed by atoms with van der Waals surface area (Å²) in [5.41, 5.74) is 7.20. The van der Waals surface area contributed by atoms with Gasteiger partial charge in [-0.05, 0) is 50.2 Å². The van der Waals surface area contributed by atoms with Crippen molar-refractivity contribution in [2.75, 3.05) is 31.7 Å². The number of ether oxygens (including phenoxy) is 2. The van der Waals surface area contributed by atoms with Crippen molar-refractivity contribution in [3.63, 3.8) is 0 Å². The molecule has 1 saturated heterocycles. The van der Waals surface area contributed by atoms with Crippen molar-refractivity contribution in [3.8, 4) is 5.75 Å². The van der Waals surface area contributed by atoms with Crippen LogP contribution in [0, 0.1) is 18.3 Å². The van der Waals surface area contributed by atoms with Crippen LogP contribution in [0.5, 0.6) is 5.75 Å². The Hall–Kier alpha value is -1.59. The lowest BCUT2D eigenvalue weighted by Crippen LogP contribution is -2.41.